The number of carbonyl (C=O) groups excluding carboxylic acids is 1. The van der Waals surface area contributed by atoms with Gasteiger partial charge in [0.2, 0.25) is 0 Å². The Kier molecular flexibility index (Phi) is 5.79. The van der Waals surface area contributed by atoms with Gasteiger partial charge in [0.05, 0.1) is 17.3 Å². The predicted molar refractivity (Wildman–Crippen MR) is 106 cm³/mol. The molecule has 2 aromatic carbocycles. The van der Waals surface area contributed by atoms with Gasteiger partial charge < -0.3 is 10.0 Å². The number of aromatic nitrogens is 3. The van der Waals surface area contributed by atoms with Crippen LogP contribution in [0.1, 0.15) is 32.4 Å². The van der Waals surface area contributed by atoms with Crippen LogP contribution >= 0.6 is 23.2 Å². The zero-order valence-corrected chi connectivity index (χ0v) is 16.6. The van der Waals surface area contributed by atoms with Gasteiger partial charge >= 0.3 is 5.97 Å². The summed E-state index contributed by atoms with van der Waals surface area (Å²) in [6, 6.07) is 11.4. The fourth-order valence-corrected chi connectivity index (χ4v) is 3.07. The Bertz CT molecular complexity index is 1060. The molecule has 0 radical (unpaired) electrons. The van der Waals surface area contributed by atoms with E-state index >= 15 is 0 Å². The number of aromatic carboxylic acids is 1. The number of hydrogen-bond donors (Lipinski definition) is 1. The van der Waals surface area contributed by atoms with Crippen molar-refractivity contribution in [3.05, 3.63) is 75.3 Å². The fraction of sp³-hybridized carbons (Fsp3) is 0.158. The summed E-state index contributed by atoms with van der Waals surface area (Å²) in [7, 11) is 3.63. The molecule has 0 aliphatic rings. The molecule has 0 bridgehead atoms. The van der Waals surface area contributed by atoms with Gasteiger partial charge in [0.25, 0.3) is 5.82 Å². The third-order valence-corrected chi connectivity index (χ3v) is 4.44. The smallest absolute Gasteiger partial charge is 0.375 e. The zero-order valence-electron chi connectivity index (χ0n) is 15.1. The minimum atomic E-state index is -1.26. The summed E-state index contributed by atoms with van der Waals surface area (Å²) in [4.78, 5) is 30.4. The van der Waals surface area contributed by atoms with Gasteiger partial charge in [-0.25, -0.2) is 14.5 Å². The molecular formula is C19H16Cl2N4O3. The highest BCUT2D eigenvalue weighted by atomic mass is 35.5. The van der Waals surface area contributed by atoms with Gasteiger partial charge in [-0.2, -0.15) is 0 Å². The molecule has 3 aromatic rings. The highest BCUT2D eigenvalue weighted by Crippen LogP contribution is 2.26. The monoisotopic (exact) mass is 418 g/mol. The molecule has 0 unspecified atom stereocenters. The van der Waals surface area contributed by atoms with Crippen LogP contribution in [0.25, 0.3) is 5.69 Å². The van der Waals surface area contributed by atoms with Crippen molar-refractivity contribution in [2.24, 2.45) is 0 Å². The fourth-order valence-electron chi connectivity index (χ4n) is 2.68. The van der Waals surface area contributed by atoms with Gasteiger partial charge in [-0.15, -0.1) is 5.10 Å². The van der Waals surface area contributed by atoms with Gasteiger partial charge in [0, 0.05) is 16.1 Å². The second kappa shape index (κ2) is 8.10. The van der Waals surface area contributed by atoms with Crippen LogP contribution in [0.4, 0.5) is 0 Å². The van der Waals surface area contributed by atoms with Crippen LogP contribution in [-0.4, -0.2) is 50.6 Å². The highest BCUT2D eigenvalue weighted by molar-refractivity contribution is 6.35. The summed E-state index contributed by atoms with van der Waals surface area (Å²) in [5.41, 5.74) is 0.911. The summed E-state index contributed by atoms with van der Waals surface area (Å²) < 4.78 is 1.35. The Morgan fingerprint density at radius 1 is 1.11 bits per heavy atom. The molecule has 0 aliphatic heterocycles. The summed E-state index contributed by atoms with van der Waals surface area (Å²) in [6.07, 6.45) is 0. The van der Waals surface area contributed by atoms with Crippen LogP contribution in [0.2, 0.25) is 10.0 Å². The molecule has 3 rings (SSSR count). The van der Waals surface area contributed by atoms with E-state index in [1.807, 2.05) is 19.0 Å². The first-order valence-electron chi connectivity index (χ1n) is 8.21. The van der Waals surface area contributed by atoms with Crippen LogP contribution in [0, 0.1) is 0 Å². The maximum Gasteiger partial charge on any atom is 0.375 e. The van der Waals surface area contributed by atoms with Crippen molar-refractivity contribution in [3.63, 3.8) is 0 Å². The summed E-state index contributed by atoms with van der Waals surface area (Å²) in [6.45, 7) is 0.322. The molecular weight excluding hydrogens is 403 g/mol. The number of nitrogens with zero attached hydrogens (tertiary/aromatic N) is 4. The summed E-state index contributed by atoms with van der Waals surface area (Å²) >= 11 is 12.3. The molecule has 0 saturated carbocycles. The van der Waals surface area contributed by atoms with Crippen molar-refractivity contribution in [3.8, 4) is 5.69 Å². The van der Waals surface area contributed by atoms with Crippen molar-refractivity contribution in [2.75, 3.05) is 14.1 Å². The van der Waals surface area contributed by atoms with E-state index in [2.05, 4.69) is 10.1 Å². The van der Waals surface area contributed by atoms with E-state index in [0.717, 1.165) is 0 Å². The van der Waals surface area contributed by atoms with Gasteiger partial charge in [0.1, 0.15) is 5.82 Å². The van der Waals surface area contributed by atoms with E-state index in [9.17, 15) is 14.7 Å². The molecule has 1 heterocycles. The topological polar surface area (TPSA) is 88.3 Å². The molecule has 144 valence electrons. The minimum absolute atomic E-state index is 0.238. The Hall–Kier alpha value is -2.74. The van der Waals surface area contributed by atoms with E-state index in [1.165, 1.54) is 10.7 Å². The summed E-state index contributed by atoms with van der Waals surface area (Å²) in [5.74, 6) is -1.60. The molecule has 1 N–H and O–H groups in total. The van der Waals surface area contributed by atoms with Crippen LogP contribution < -0.4 is 0 Å². The SMILES string of the molecule is CN(C)Cc1nc(C(=O)O)nn1-c1ccc(Cl)cc1C(=O)c1ccccc1Cl. The minimum Gasteiger partial charge on any atom is -0.475 e. The second-order valence-corrected chi connectivity index (χ2v) is 7.12. The molecule has 0 fully saturated rings. The van der Waals surface area contributed by atoms with E-state index in [4.69, 9.17) is 23.2 Å². The van der Waals surface area contributed by atoms with Crippen molar-refractivity contribution in [1.82, 2.24) is 19.7 Å². The van der Waals surface area contributed by atoms with Gasteiger partial charge in [-0.05, 0) is 44.4 Å². The first-order chi connectivity index (χ1) is 13.3. The zero-order chi connectivity index (χ0) is 20.4. The lowest BCUT2D eigenvalue weighted by Gasteiger charge is -2.14. The quantitative estimate of drug-likeness (QED) is 0.615. The maximum absolute atomic E-state index is 13.2. The molecule has 28 heavy (non-hydrogen) atoms. The average Bonchev–Trinajstić information content (AvgIpc) is 3.04. The molecule has 7 nitrogen and oxygen atoms in total. The number of rotatable bonds is 6. The van der Waals surface area contributed by atoms with Crippen molar-refractivity contribution >= 4 is 35.0 Å². The molecule has 0 atom stereocenters. The van der Waals surface area contributed by atoms with Crippen molar-refractivity contribution in [1.29, 1.82) is 0 Å². The van der Waals surface area contributed by atoms with E-state index in [0.29, 0.717) is 33.7 Å². The molecule has 0 aliphatic carbocycles. The first-order valence-corrected chi connectivity index (χ1v) is 8.96. The van der Waals surface area contributed by atoms with Gasteiger partial charge in [-0.1, -0.05) is 35.3 Å². The van der Waals surface area contributed by atoms with Gasteiger partial charge in [0.15, 0.2) is 5.78 Å². The number of halogens is 2. The molecule has 0 spiro atoms. The number of ketones is 1. The second-order valence-electron chi connectivity index (χ2n) is 6.28. The predicted octanol–water partition coefficient (Wildman–Crippen LogP) is 3.56. The lowest BCUT2D eigenvalue weighted by Crippen LogP contribution is -2.17. The Morgan fingerprint density at radius 2 is 1.82 bits per heavy atom. The largest absolute Gasteiger partial charge is 0.475 e. The number of benzene rings is 2. The number of hydrogen-bond acceptors (Lipinski definition) is 5. The van der Waals surface area contributed by atoms with Crippen LogP contribution in [0.5, 0.6) is 0 Å². The number of carboxylic acids is 1. The molecule has 1 aromatic heterocycles. The Morgan fingerprint density at radius 3 is 2.46 bits per heavy atom. The molecule has 0 amide bonds. The number of carbonyl (C=O) groups is 2. The van der Waals surface area contributed by atoms with Crippen LogP contribution in [-0.2, 0) is 6.54 Å². The van der Waals surface area contributed by atoms with E-state index < -0.39 is 5.97 Å². The number of carboxylic acid groups (broad SMARTS) is 1. The highest BCUT2D eigenvalue weighted by Gasteiger charge is 2.23. The Balaban J connectivity index is 2.20. The van der Waals surface area contributed by atoms with E-state index in [1.54, 1.807) is 36.4 Å². The Labute approximate surface area is 171 Å². The normalized spacial score (nSPS) is 11.0. The third kappa shape index (κ3) is 4.06. The molecule has 0 saturated heterocycles. The average molecular weight is 419 g/mol. The van der Waals surface area contributed by atoms with Crippen LogP contribution in [0.15, 0.2) is 42.5 Å². The van der Waals surface area contributed by atoms with E-state index in [-0.39, 0.29) is 17.2 Å². The van der Waals surface area contributed by atoms with Crippen molar-refractivity contribution in [2.45, 2.75) is 6.54 Å². The standard InChI is InChI=1S/C19H16Cl2N4O3/c1-24(2)10-16-22-18(19(27)28)23-25(16)15-8-7-11(20)9-13(15)17(26)12-5-3-4-6-14(12)21/h3-9H,10H2,1-2H3,(H,27,28). The van der Waals surface area contributed by atoms with Crippen LogP contribution in [0.3, 0.4) is 0 Å². The lowest BCUT2D eigenvalue weighted by atomic mass is 10.0. The first kappa shape index (κ1) is 20.0. The third-order valence-electron chi connectivity index (χ3n) is 3.87. The van der Waals surface area contributed by atoms with Crippen molar-refractivity contribution < 1.29 is 14.7 Å². The maximum atomic E-state index is 13.2. The molecule has 9 heteroatoms. The lowest BCUT2D eigenvalue weighted by molar-refractivity contribution is 0.0683. The summed E-state index contributed by atoms with van der Waals surface area (Å²) in [5, 5.41) is 14.0. The van der Waals surface area contributed by atoms with Gasteiger partial charge in [-0.3, -0.25) is 4.79 Å².